The van der Waals surface area contributed by atoms with Crippen LogP contribution in [-0.2, 0) is 4.74 Å². The second-order valence-electron chi connectivity index (χ2n) is 8.33. The van der Waals surface area contributed by atoms with Gasteiger partial charge in [0.15, 0.2) is 0 Å². The highest BCUT2D eigenvalue weighted by molar-refractivity contribution is 5.44. The van der Waals surface area contributed by atoms with Gasteiger partial charge in [-0.1, -0.05) is 0 Å². The van der Waals surface area contributed by atoms with Crippen molar-refractivity contribution in [1.29, 1.82) is 0 Å². The summed E-state index contributed by atoms with van der Waals surface area (Å²) in [5.74, 6) is 2.98. The van der Waals surface area contributed by atoms with Gasteiger partial charge in [-0.25, -0.2) is 23.7 Å². The minimum Gasteiger partial charge on any atom is -0.378 e. The summed E-state index contributed by atoms with van der Waals surface area (Å²) < 4.78 is 32.0. The molecule has 0 aromatic carbocycles. The summed E-state index contributed by atoms with van der Waals surface area (Å²) in [5.41, 5.74) is -0.163. The van der Waals surface area contributed by atoms with Crippen LogP contribution in [-0.4, -0.2) is 65.4 Å². The molecule has 166 valence electrons. The number of hydrogen-bond donors (Lipinski definition) is 1. The summed E-state index contributed by atoms with van der Waals surface area (Å²) >= 11 is 0. The summed E-state index contributed by atoms with van der Waals surface area (Å²) in [5, 5.41) is 3.51. The van der Waals surface area contributed by atoms with E-state index in [4.69, 9.17) is 4.74 Å². The number of halogens is 2. The average molecular weight is 431 g/mol. The molecule has 0 radical (unpaired) electrons. The van der Waals surface area contributed by atoms with Gasteiger partial charge in [0.25, 0.3) is 6.43 Å². The zero-order valence-corrected chi connectivity index (χ0v) is 17.4. The Morgan fingerprint density at radius 3 is 2.45 bits per heavy atom. The molecule has 1 N–H and O–H groups in total. The fraction of sp³-hybridized carbons (Fsp3) is 0.619. The first-order valence-electron chi connectivity index (χ1n) is 11.0. The number of piperidine rings is 1. The molecule has 1 saturated carbocycles. The number of anilines is 3. The van der Waals surface area contributed by atoms with Crippen molar-refractivity contribution < 1.29 is 13.5 Å². The number of hydrogen-bond acceptors (Lipinski definition) is 8. The molecule has 4 heterocycles. The minimum atomic E-state index is -2.57. The van der Waals surface area contributed by atoms with Crippen LogP contribution >= 0.6 is 0 Å². The maximum atomic E-state index is 13.3. The molecule has 2 saturated heterocycles. The maximum absolute atomic E-state index is 13.3. The van der Waals surface area contributed by atoms with Crippen LogP contribution in [0.1, 0.15) is 49.5 Å². The average Bonchev–Trinajstić information content (AvgIpc) is 3.66. The van der Waals surface area contributed by atoms with Crippen molar-refractivity contribution in [2.75, 3.05) is 54.5 Å². The fourth-order valence-corrected chi connectivity index (χ4v) is 4.08. The van der Waals surface area contributed by atoms with E-state index in [1.54, 1.807) is 6.20 Å². The normalized spacial score (nSPS) is 20.4. The van der Waals surface area contributed by atoms with Gasteiger partial charge in [0.05, 0.1) is 13.2 Å². The quantitative estimate of drug-likeness (QED) is 0.748. The van der Waals surface area contributed by atoms with E-state index in [0.717, 1.165) is 63.6 Å². The molecule has 2 aromatic heterocycles. The molecular formula is C21H27F2N7O. The number of alkyl halides is 2. The Hall–Kier alpha value is -2.62. The van der Waals surface area contributed by atoms with Crippen LogP contribution in [0, 0.1) is 0 Å². The predicted octanol–water partition coefficient (Wildman–Crippen LogP) is 3.00. The molecule has 0 bridgehead atoms. The Kier molecular flexibility index (Phi) is 5.80. The number of ether oxygens (including phenoxy) is 1. The van der Waals surface area contributed by atoms with Gasteiger partial charge in [-0.2, -0.15) is 4.98 Å². The first-order chi connectivity index (χ1) is 15.2. The lowest BCUT2D eigenvalue weighted by Crippen LogP contribution is -2.40. The highest BCUT2D eigenvalue weighted by Gasteiger charge is 2.30. The van der Waals surface area contributed by atoms with Crippen molar-refractivity contribution >= 4 is 17.6 Å². The maximum Gasteiger partial charge on any atom is 0.280 e. The van der Waals surface area contributed by atoms with Crippen LogP contribution in [0.15, 0.2) is 18.3 Å². The molecule has 0 spiro atoms. The highest BCUT2D eigenvalue weighted by atomic mass is 19.3. The lowest BCUT2D eigenvalue weighted by atomic mass is 10.0. The monoisotopic (exact) mass is 431 g/mol. The van der Waals surface area contributed by atoms with Crippen LogP contribution < -0.4 is 15.1 Å². The Bertz CT molecular complexity index is 877. The zero-order chi connectivity index (χ0) is 21.2. The van der Waals surface area contributed by atoms with Gasteiger partial charge < -0.3 is 19.9 Å². The Morgan fingerprint density at radius 2 is 1.74 bits per heavy atom. The molecule has 0 amide bonds. The SMILES string of the molecule is FC(F)c1cc(N2CCC(Nc3ccnc(N4CCOCC4)n3)CC2)nc(C2CC2)n1. The highest BCUT2D eigenvalue weighted by Crippen LogP contribution is 2.39. The van der Waals surface area contributed by atoms with Crippen LogP contribution in [0.25, 0.3) is 0 Å². The molecule has 3 aliphatic rings. The molecule has 1 aliphatic carbocycles. The second kappa shape index (κ2) is 8.86. The molecule has 8 nitrogen and oxygen atoms in total. The molecule has 3 fully saturated rings. The molecule has 2 aliphatic heterocycles. The third kappa shape index (κ3) is 4.84. The summed E-state index contributed by atoms with van der Waals surface area (Å²) in [4.78, 5) is 22.0. The summed E-state index contributed by atoms with van der Waals surface area (Å²) in [6.07, 6.45) is 2.94. The van der Waals surface area contributed by atoms with Gasteiger partial charge in [-0.05, 0) is 31.7 Å². The van der Waals surface area contributed by atoms with Gasteiger partial charge in [0.1, 0.15) is 23.2 Å². The lowest BCUT2D eigenvalue weighted by Gasteiger charge is -2.34. The first-order valence-corrected chi connectivity index (χ1v) is 11.0. The third-order valence-electron chi connectivity index (χ3n) is 6.02. The standard InChI is InChI=1S/C21H27F2N7O/c22-19(23)16-13-18(28-20(26-16)14-1-2-14)29-7-4-15(5-8-29)25-17-3-6-24-21(27-17)30-9-11-31-12-10-30/h3,6,13-15,19H,1-2,4-5,7-12H2,(H,24,25,27). The molecule has 5 rings (SSSR count). The topological polar surface area (TPSA) is 79.3 Å². The molecule has 0 unspecified atom stereocenters. The van der Waals surface area contributed by atoms with E-state index in [1.165, 1.54) is 6.07 Å². The van der Waals surface area contributed by atoms with E-state index in [-0.39, 0.29) is 17.7 Å². The van der Waals surface area contributed by atoms with Crippen LogP contribution in [0.5, 0.6) is 0 Å². The van der Waals surface area contributed by atoms with Gasteiger partial charge in [-0.15, -0.1) is 0 Å². The van der Waals surface area contributed by atoms with E-state index >= 15 is 0 Å². The van der Waals surface area contributed by atoms with Crippen LogP contribution in [0.3, 0.4) is 0 Å². The van der Waals surface area contributed by atoms with Gasteiger partial charge in [0.2, 0.25) is 5.95 Å². The Balaban J connectivity index is 1.21. The van der Waals surface area contributed by atoms with Crippen molar-refractivity contribution in [3.8, 4) is 0 Å². The first kappa shape index (κ1) is 20.3. The lowest BCUT2D eigenvalue weighted by molar-refractivity contribution is 0.122. The van der Waals surface area contributed by atoms with Gasteiger partial charge >= 0.3 is 0 Å². The summed E-state index contributed by atoms with van der Waals surface area (Å²) in [6, 6.07) is 3.60. The van der Waals surface area contributed by atoms with Crippen molar-refractivity contribution in [2.24, 2.45) is 0 Å². The molecule has 31 heavy (non-hydrogen) atoms. The van der Waals surface area contributed by atoms with E-state index in [2.05, 4.69) is 35.1 Å². The second-order valence-corrected chi connectivity index (χ2v) is 8.33. The van der Waals surface area contributed by atoms with E-state index < -0.39 is 6.43 Å². The van der Waals surface area contributed by atoms with Crippen molar-refractivity contribution in [1.82, 2.24) is 19.9 Å². The number of nitrogens with zero attached hydrogens (tertiary/aromatic N) is 6. The Labute approximate surface area is 180 Å². The fourth-order valence-electron chi connectivity index (χ4n) is 4.08. The zero-order valence-electron chi connectivity index (χ0n) is 17.4. The molecular weight excluding hydrogens is 404 g/mol. The van der Waals surface area contributed by atoms with Crippen molar-refractivity contribution in [2.45, 2.75) is 44.1 Å². The predicted molar refractivity (Wildman–Crippen MR) is 113 cm³/mol. The molecule has 0 atom stereocenters. The van der Waals surface area contributed by atoms with E-state index in [0.29, 0.717) is 24.9 Å². The molecule has 2 aromatic rings. The third-order valence-corrected chi connectivity index (χ3v) is 6.02. The molecule has 10 heteroatoms. The number of aromatic nitrogens is 4. The van der Waals surface area contributed by atoms with Crippen LogP contribution in [0.2, 0.25) is 0 Å². The van der Waals surface area contributed by atoms with E-state index in [1.807, 2.05) is 6.07 Å². The number of morpholine rings is 1. The number of nitrogens with one attached hydrogen (secondary N) is 1. The van der Waals surface area contributed by atoms with Crippen molar-refractivity contribution in [3.05, 3.63) is 29.8 Å². The summed E-state index contributed by atoms with van der Waals surface area (Å²) in [6.45, 7) is 4.48. The smallest absolute Gasteiger partial charge is 0.280 e. The summed E-state index contributed by atoms with van der Waals surface area (Å²) in [7, 11) is 0. The van der Waals surface area contributed by atoms with Gasteiger partial charge in [0, 0.05) is 50.4 Å². The van der Waals surface area contributed by atoms with Crippen molar-refractivity contribution in [3.63, 3.8) is 0 Å². The van der Waals surface area contributed by atoms with Gasteiger partial charge in [-0.3, -0.25) is 0 Å². The van der Waals surface area contributed by atoms with Crippen LogP contribution in [0.4, 0.5) is 26.4 Å². The number of rotatable bonds is 6. The minimum absolute atomic E-state index is 0.163. The largest absolute Gasteiger partial charge is 0.378 e. The Morgan fingerprint density at radius 1 is 0.968 bits per heavy atom. The van der Waals surface area contributed by atoms with E-state index in [9.17, 15) is 8.78 Å².